The maximum atomic E-state index is 12.5. The molecule has 1 N–H and O–H groups in total. The number of carbonyl (C=O) groups is 1. The van der Waals surface area contributed by atoms with Gasteiger partial charge in [-0.3, -0.25) is 0 Å². The molecular weight excluding hydrogens is 308 g/mol. The van der Waals surface area contributed by atoms with Gasteiger partial charge in [0.25, 0.3) is 0 Å². The van der Waals surface area contributed by atoms with Gasteiger partial charge in [0.2, 0.25) is 0 Å². The van der Waals surface area contributed by atoms with E-state index in [1.807, 2.05) is 27.0 Å². The molecule has 1 aliphatic rings. The number of aromatic nitrogens is 1. The number of rotatable bonds is 2. The van der Waals surface area contributed by atoms with Gasteiger partial charge in [0.15, 0.2) is 0 Å². The highest BCUT2D eigenvalue weighted by molar-refractivity contribution is 7.13. The van der Waals surface area contributed by atoms with Crippen LogP contribution in [0.15, 0.2) is 30.5 Å². The SMILES string of the molecule is CC1CC=C(c2ccc3sncc3c2)NC1C(=O)OC(C)(C)C. The van der Waals surface area contributed by atoms with Gasteiger partial charge in [-0.15, -0.1) is 0 Å². The molecule has 2 heterocycles. The first kappa shape index (κ1) is 16.0. The van der Waals surface area contributed by atoms with E-state index >= 15 is 0 Å². The molecule has 5 heteroatoms. The molecule has 0 aliphatic carbocycles. The highest BCUT2D eigenvalue weighted by Gasteiger charge is 2.32. The molecule has 3 rings (SSSR count). The summed E-state index contributed by atoms with van der Waals surface area (Å²) in [5.41, 5.74) is 1.60. The van der Waals surface area contributed by atoms with Crippen LogP contribution in [0.3, 0.4) is 0 Å². The molecular formula is C18H22N2O2S. The number of allylic oxidation sites excluding steroid dienone is 1. The Bertz CT molecular complexity index is 758. The minimum atomic E-state index is -0.471. The van der Waals surface area contributed by atoms with Crippen LogP contribution in [0.25, 0.3) is 15.8 Å². The Morgan fingerprint density at radius 2 is 2.17 bits per heavy atom. The highest BCUT2D eigenvalue weighted by atomic mass is 32.1. The van der Waals surface area contributed by atoms with Gasteiger partial charge >= 0.3 is 5.97 Å². The maximum Gasteiger partial charge on any atom is 0.329 e. The summed E-state index contributed by atoms with van der Waals surface area (Å²) in [4.78, 5) is 12.5. The van der Waals surface area contributed by atoms with Gasteiger partial charge in [-0.1, -0.05) is 19.1 Å². The van der Waals surface area contributed by atoms with E-state index in [2.05, 4.69) is 40.9 Å². The quantitative estimate of drug-likeness (QED) is 0.846. The van der Waals surface area contributed by atoms with Crippen molar-refractivity contribution in [3.8, 4) is 0 Å². The average molecular weight is 330 g/mol. The first-order chi connectivity index (χ1) is 10.8. The molecule has 2 aromatic rings. The van der Waals surface area contributed by atoms with Crippen molar-refractivity contribution < 1.29 is 9.53 Å². The molecule has 0 fully saturated rings. The second-order valence-corrected chi connectivity index (χ2v) is 7.90. The van der Waals surface area contributed by atoms with Crippen molar-refractivity contribution >= 4 is 33.3 Å². The minimum absolute atomic E-state index is 0.186. The summed E-state index contributed by atoms with van der Waals surface area (Å²) < 4.78 is 10.9. The van der Waals surface area contributed by atoms with Crippen molar-refractivity contribution in [2.45, 2.75) is 45.8 Å². The van der Waals surface area contributed by atoms with E-state index in [0.29, 0.717) is 0 Å². The topological polar surface area (TPSA) is 51.2 Å². The van der Waals surface area contributed by atoms with Crippen molar-refractivity contribution in [1.82, 2.24) is 9.69 Å². The summed E-state index contributed by atoms with van der Waals surface area (Å²) >= 11 is 1.49. The molecule has 0 spiro atoms. The molecule has 0 amide bonds. The maximum absolute atomic E-state index is 12.5. The first-order valence-corrected chi connectivity index (χ1v) is 8.65. The molecule has 0 saturated heterocycles. The highest BCUT2D eigenvalue weighted by Crippen LogP contribution is 2.28. The van der Waals surface area contributed by atoms with Gasteiger partial charge in [-0.25, -0.2) is 4.79 Å². The van der Waals surface area contributed by atoms with Crippen LogP contribution in [0.1, 0.15) is 39.7 Å². The number of nitrogens with one attached hydrogen (secondary N) is 1. The lowest BCUT2D eigenvalue weighted by atomic mass is 9.92. The molecule has 0 saturated carbocycles. The first-order valence-electron chi connectivity index (χ1n) is 7.88. The van der Waals surface area contributed by atoms with Crippen LogP contribution in [0.2, 0.25) is 0 Å². The Hall–Kier alpha value is -1.88. The van der Waals surface area contributed by atoms with Gasteiger partial charge < -0.3 is 10.1 Å². The van der Waals surface area contributed by atoms with Gasteiger partial charge in [0.1, 0.15) is 11.6 Å². The Morgan fingerprint density at radius 1 is 1.39 bits per heavy atom. The molecule has 1 aromatic heterocycles. The van der Waals surface area contributed by atoms with Crippen LogP contribution in [-0.4, -0.2) is 22.0 Å². The number of fused-ring (bicyclic) bond motifs is 1. The number of ether oxygens (including phenoxy) is 1. The predicted molar refractivity (Wildman–Crippen MR) is 94.1 cm³/mol. The van der Waals surface area contributed by atoms with Crippen molar-refractivity contribution in [3.05, 3.63) is 36.0 Å². The molecule has 23 heavy (non-hydrogen) atoms. The van der Waals surface area contributed by atoms with E-state index in [-0.39, 0.29) is 17.9 Å². The van der Waals surface area contributed by atoms with Crippen LogP contribution in [-0.2, 0) is 9.53 Å². The fourth-order valence-electron chi connectivity index (χ4n) is 2.71. The van der Waals surface area contributed by atoms with Gasteiger partial charge in [0.05, 0.1) is 4.70 Å². The molecule has 4 nitrogen and oxygen atoms in total. The molecule has 2 unspecified atom stereocenters. The van der Waals surface area contributed by atoms with Crippen LogP contribution < -0.4 is 5.32 Å². The summed E-state index contributed by atoms with van der Waals surface area (Å²) in [6, 6.07) is 5.94. The largest absolute Gasteiger partial charge is 0.458 e. The second kappa shape index (κ2) is 5.96. The Morgan fingerprint density at radius 3 is 2.91 bits per heavy atom. The van der Waals surface area contributed by atoms with Crippen molar-refractivity contribution in [2.24, 2.45) is 5.92 Å². The molecule has 1 aliphatic heterocycles. The lowest BCUT2D eigenvalue weighted by molar-refractivity contribution is -0.158. The van der Waals surface area contributed by atoms with Crippen LogP contribution in [0.4, 0.5) is 0 Å². The Kier molecular flexibility index (Phi) is 4.15. The van der Waals surface area contributed by atoms with E-state index in [1.165, 1.54) is 16.2 Å². The third kappa shape index (κ3) is 3.55. The van der Waals surface area contributed by atoms with E-state index in [1.54, 1.807) is 0 Å². The Labute approximate surface area is 140 Å². The monoisotopic (exact) mass is 330 g/mol. The zero-order valence-corrected chi connectivity index (χ0v) is 14.7. The fraction of sp³-hybridized carbons (Fsp3) is 0.444. The third-order valence-electron chi connectivity index (χ3n) is 3.90. The normalized spacial score (nSPS) is 21.7. The van der Waals surface area contributed by atoms with E-state index in [4.69, 9.17) is 4.74 Å². The molecule has 122 valence electrons. The zero-order valence-electron chi connectivity index (χ0n) is 13.9. The second-order valence-electron chi connectivity index (χ2n) is 7.06. The molecule has 2 atom stereocenters. The zero-order chi connectivity index (χ0) is 16.6. The van der Waals surface area contributed by atoms with E-state index in [9.17, 15) is 4.79 Å². The van der Waals surface area contributed by atoms with Crippen LogP contribution in [0, 0.1) is 5.92 Å². The molecule has 1 aromatic carbocycles. The summed E-state index contributed by atoms with van der Waals surface area (Å²) in [5.74, 6) is 0.0222. The number of carbonyl (C=O) groups excluding carboxylic acids is 1. The summed E-state index contributed by atoms with van der Waals surface area (Å²) in [6.07, 6.45) is 4.89. The van der Waals surface area contributed by atoms with Crippen molar-refractivity contribution in [3.63, 3.8) is 0 Å². The number of hydrogen-bond donors (Lipinski definition) is 1. The number of hydrogen-bond acceptors (Lipinski definition) is 5. The van der Waals surface area contributed by atoms with Gasteiger partial charge in [-0.05, 0) is 62.3 Å². The lowest BCUT2D eigenvalue weighted by Crippen LogP contribution is -2.46. The smallest absolute Gasteiger partial charge is 0.329 e. The molecule has 0 radical (unpaired) electrons. The van der Waals surface area contributed by atoms with E-state index in [0.717, 1.165) is 23.1 Å². The molecule has 0 bridgehead atoms. The standard InChI is InChI=1S/C18H22N2O2S/c1-11-5-7-14(20-16(11)17(21)22-18(2,3)4)12-6-8-15-13(9-12)10-19-23-15/h6-11,16,20H,5H2,1-4H3. The lowest BCUT2D eigenvalue weighted by Gasteiger charge is -2.32. The number of nitrogens with zero attached hydrogens (tertiary/aromatic N) is 1. The Balaban J connectivity index is 1.82. The summed E-state index contributed by atoms with van der Waals surface area (Å²) in [7, 11) is 0. The van der Waals surface area contributed by atoms with Gasteiger partial charge in [-0.2, -0.15) is 4.37 Å². The number of esters is 1. The van der Waals surface area contributed by atoms with Crippen LogP contribution >= 0.6 is 11.5 Å². The summed E-state index contributed by atoms with van der Waals surface area (Å²) in [5, 5.41) is 4.50. The van der Waals surface area contributed by atoms with Crippen molar-refractivity contribution in [2.75, 3.05) is 0 Å². The van der Waals surface area contributed by atoms with Gasteiger partial charge in [0, 0.05) is 17.3 Å². The van der Waals surface area contributed by atoms with Crippen molar-refractivity contribution in [1.29, 1.82) is 0 Å². The average Bonchev–Trinajstić information content (AvgIpc) is 2.93. The third-order valence-corrected chi connectivity index (χ3v) is 4.68. The summed E-state index contributed by atoms with van der Waals surface area (Å²) in [6.45, 7) is 7.76. The predicted octanol–water partition coefficient (Wildman–Crippen LogP) is 3.98. The van der Waals surface area contributed by atoms with Crippen LogP contribution in [0.5, 0.6) is 0 Å². The van der Waals surface area contributed by atoms with E-state index < -0.39 is 5.60 Å². The number of benzene rings is 1. The fourth-order valence-corrected chi connectivity index (χ4v) is 3.33. The minimum Gasteiger partial charge on any atom is -0.458 e.